The van der Waals surface area contributed by atoms with Crippen molar-refractivity contribution in [2.75, 3.05) is 44.3 Å². The maximum Gasteiger partial charge on any atom is 0.410 e. The zero-order chi connectivity index (χ0) is 23.4. The Morgan fingerprint density at radius 3 is 2.65 bits per heavy atom. The number of piperazine rings is 1. The van der Waals surface area contributed by atoms with E-state index in [1.165, 1.54) is 0 Å². The van der Waals surface area contributed by atoms with E-state index in [1.54, 1.807) is 6.33 Å². The van der Waals surface area contributed by atoms with Crippen LogP contribution in [0.4, 0.5) is 10.7 Å². The lowest BCUT2D eigenvalue weighted by Crippen LogP contribution is -2.57. The number of fused-ring (bicyclic) bond motifs is 5. The number of carbonyl (C=O) groups is 1. The number of amides is 1. The standard InChI is InChI=1S/C23H33N7O4/c1-23(2,3)34-22(31)30-14-4-5-15(30)10-29(9-14)21-26-19-18(24-13-25-19)20(27-21)32-7-6-28-11-17-8-16(28)12-33-17/h13-17H,4-12H2,1-3H3,(H,24,25,26,27)/t14-,15+,16?,17?. The number of likely N-dealkylation sites (tertiary alicyclic amines) is 1. The molecule has 4 aliphatic rings. The molecule has 6 heterocycles. The van der Waals surface area contributed by atoms with Crippen LogP contribution in [0, 0.1) is 0 Å². The molecule has 1 N–H and O–H groups in total. The van der Waals surface area contributed by atoms with Gasteiger partial charge in [-0.1, -0.05) is 0 Å². The second-order valence-corrected chi connectivity index (χ2v) is 10.8. The van der Waals surface area contributed by atoms with E-state index in [2.05, 4.69) is 19.8 Å². The maximum atomic E-state index is 12.8. The average Bonchev–Trinajstić information content (AvgIpc) is 3.56. The Balaban J connectivity index is 1.15. The van der Waals surface area contributed by atoms with Gasteiger partial charge < -0.3 is 24.1 Å². The second kappa shape index (κ2) is 8.23. The first kappa shape index (κ1) is 21.8. The molecule has 0 spiro atoms. The third-order valence-electron chi connectivity index (χ3n) is 7.24. The molecule has 4 saturated heterocycles. The van der Waals surface area contributed by atoms with E-state index in [9.17, 15) is 4.79 Å². The van der Waals surface area contributed by atoms with E-state index in [0.29, 0.717) is 54.8 Å². The molecule has 0 saturated carbocycles. The highest BCUT2D eigenvalue weighted by Gasteiger charge is 2.45. The van der Waals surface area contributed by atoms with Crippen LogP contribution < -0.4 is 9.64 Å². The van der Waals surface area contributed by atoms with Crippen LogP contribution >= 0.6 is 0 Å². The van der Waals surface area contributed by atoms with Crippen molar-refractivity contribution in [3.8, 4) is 5.88 Å². The van der Waals surface area contributed by atoms with E-state index >= 15 is 0 Å². The Morgan fingerprint density at radius 1 is 1.18 bits per heavy atom. The molecule has 4 aliphatic heterocycles. The SMILES string of the molecule is CC(C)(C)OC(=O)N1[C@@H]2CC[C@H]1CN(c1nc(OCCN3CC4CC3CO4)c3[nH]cnc3n1)C2. The van der Waals surface area contributed by atoms with Gasteiger partial charge in [-0.15, -0.1) is 0 Å². The van der Waals surface area contributed by atoms with E-state index in [0.717, 1.165) is 39.0 Å². The molecule has 4 atom stereocenters. The minimum Gasteiger partial charge on any atom is -0.475 e. The molecule has 2 unspecified atom stereocenters. The normalized spacial score (nSPS) is 28.8. The quantitative estimate of drug-likeness (QED) is 0.698. The summed E-state index contributed by atoms with van der Waals surface area (Å²) in [6, 6.07) is 0.687. The molecule has 11 heteroatoms. The van der Waals surface area contributed by atoms with Gasteiger partial charge in [0.1, 0.15) is 17.7 Å². The highest BCUT2D eigenvalue weighted by atomic mass is 16.6. The Morgan fingerprint density at radius 2 is 1.97 bits per heavy atom. The lowest BCUT2D eigenvalue weighted by atomic mass is 10.2. The summed E-state index contributed by atoms with van der Waals surface area (Å²) in [5, 5.41) is 0. The van der Waals surface area contributed by atoms with Crippen LogP contribution in [0.1, 0.15) is 40.0 Å². The van der Waals surface area contributed by atoms with Gasteiger partial charge in [0, 0.05) is 32.2 Å². The molecular weight excluding hydrogens is 438 g/mol. The Kier molecular flexibility index (Phi) is 5.29. The van der Waals surface area contributed by atoms with Crippen molar-refractivity contribution in [2.24, 2.45) is 0 Å². The van der Waals surface area contributed by atoms with Crippen molar-refractivity contribution in [3.63, 3.8) is 0 Å². The minimum absolute atomic E-state index is 0.0873. The summed E-state index contributed by atoms with van der Waals surface area (Å²) < 4.78 is 17.5. The number of anilines is 1. The van der Waals surface area contributed by atoms with Gasteiger partial charge in [-0.3, -0.25) is 9.80 Å². The van der Waals surface area contributed by atoms with Crippen LogP contribution in [0.2, 0.25) is 0 Å². The van der Waals surface area contributed by atoms with E-state index in [4.69, 9.17) is 24.2 Å². The third-order valence-corrected chi connectivity index (χ3v) is 7.24. The molecule has 34 heavy (non-hydrogen) atoms. The average molecular weight is 472 g/mol. The van der Waals surface area contributed by atoms with Gasteiger partial charge in [0.05, 0.1) is 31.1 Å². The van der Waals surface area contributed by atoms with Gasteiger partial charge in [-0.05, 0) is 40.0 Å². The number of hydrogen-bond acceptors (Lipinski definition) is 9. The van der Waals surface area contributed by atoms with Gasteiger partial charge in [0.25, 0.3) is 0 Å². The van der Waals surface area contributed by atoms with Crippen molar-refractivity contribution in [2.45, 2.75) is 69.9 Å². The Hall–Kier alpha value is -2.66. The summed E-state index contributed by atoms with van der Waals surface area (Å²) in [5.74, 6) is 1.13. The van der Waals surface area contributed by atoms with Gasteiger partial charge >= 0.3 is 6.09 Å². The molecule has 1 amide bonds. The summed E-state index contributed by atoms with van der Waals surface area (Å²) >= 11 is 0. The fraction of sp³-hybridized carbons (Fsp3) is 0.739. The number of H-pyrrole nitrogens is 1. The van der Waals surface area contributed by atoms with Crippen molar-refractivity contribution in [1.82, 2.24) is 29.7 Å². The monoisotopic (exact) mass is 471 g/mol. The number of morpholine rings is 1. The molecule has 0 aromatic carbocycles. The van der Waals surface area contributed by atoms with E-state index in [1.807, 2.05) is 25.7 Å². The lowest BCUT2D eigenvalue weighted by Gasteiger charge is -2.41. The van der Waals surface area contributed by atoms with Crippen molar-refractivity contribution >= 4 is 23.2 Å². The molecule has 184 valence electrons. The zero-order valence-corrected chi connectivity index (χ0v) is 20.1. The van der Waals surface area contributed by atoms with E-state index < -0.39 is 5.60 Å². The molecule has 4 fully saturated rings. The van der Waals surface area contributed by atoms with Crippen LogP contribution in [0.15, 0.2) is 6.33 Å². The summed E-state index contributed by atoms with van der Waals surface area (Å²) in [5.41, 5.74) is 0.802. The first-order valence-electron chi connectivity index (χ1n) is 12.3. The summed E-state index contributed by atoms with van der Waals surface area (Å²) in [6.07, 6.45) is 4.81. The number of carbonyl (C=O) groups excluding carboxylic acids is 1. The molecule has 0 radical (unpaired) electrons. The van der Waals surface area contributed by atoms with Gasteiger partial charge in [0.2, 0.25) is 11.8 Å². The predicted molar refractivity (Wildman–Crippen MR) is 124 cm³/mol. The minimum atomic E-state index is -0.504. The first-order chi connectivity index (χ1) is 16.3. The summed E-state index contributed by atoms with van der Waals surface area (Å²) in [6.45, 7) is 10.2. The fourth-order valence-corrected chi connectivity index (χ4v) is 5.73. The molecule has 4 bridgehead atoms. The molecular formula is C23H33N7O4. The highest BCUT2D eigenvalue weighted by Crippen LogP contribution is 2.34. The number of nitrogens with one attached hydrogen (secondary N) is 1. The first-order valence-corrected chi connectivity index (χ1v) is 12.3. The number of rotatable bonds is 5. The van der Waals surface area contributed by atoms with Gasteiger partial charge in [-0.25, -0.2) is 9.78 Å². The summed E-state index contributed by atoms with van der Waals surface area (Å²) in [7, 11) is 0. The fourth-order valence-electron chi connectivity index (χ4n) is 5.73. The van der Waals surface area contributed by atoms with Crippen LogP contribution in [0.25, 0.3) is 11.2 Å². The number of imidazole rings is 1. The zero-order valence-electron chi connectivity index (χ0n) is 20.1. The maximum absolute atomic E-state index is 12.8. The van der Waals surface area contributed by atoms with Crippen LogP contribution in [0.5, 0.6) is 5.88 Å². The van der Waals surface area contributed by atoms with Crippen LogP contribution in [-0.4, -0.2) is 105 Å². The Bertz CT molecular complexity index is 1060. The largest absolute Gasteiger partial charge is 0.475 e. The van der Waals surface area contributed by atoms with Crippen LogP contribution in [0.3, 0.4) is 0 Å². The predicted octanol–water partition coefficient (Wildman–Crippen LogP) is 1.79. The molecule has 6 rings (SSSR count). The number of aromatic nitrogens is 4. The highest BCUT2D eigenvalue weighted by molar-refractivity contribution is 5.77. The van der Waals surface area contributed by atoms with Crippen molar-refractivity contribution in [1.29, 1.82) is 0 Å². The number of nitrogens with zero attached hydrogens (tertiary/aromatic N) is 6. The smallest absolute Gasteiger partial charge is 0.410 e. The number of aromatic amines is 1. The molecule has 0 aliphatic carbocycles. The van der Waals surface area contributed by atoms with Crippen molar-refractivity contribution in [3.05, 3.63) is 6.33 Å². The topological polar surface area (TPSA) is 109 Å². The summed E-state index contributed by atoms with van der Waals surface area (Å²) in [4.78, 5) is 36.3. The van der Waals surface area contributed by atoms with Gasteiger partial charge in [-0.2, -0.15) is 9.97 Å². The van der Waals surface area contributed by atoms with E-state index in [-0.39, 0.29) is 18.2 Å². The van der Waals surface area contributed by atoms with Crippen LogP contribution in [-0.2, 0) is 9.47 Å². The van der Waals surface area contributed by atoms with Crippen molar-refractivity contribution < 1.29 is 19.0 Å². The molecule has 2 aromatic heterocycles. The lowest BCUT2D eigenvalue weighted by molar-refractivity contribution is 0.0122. The third kappa shape index (κ3) is 4.04. The number of hydrogen-bond donors (Lipinski definition) is 1. The molecule has 11 nitrogen and oxygen atoms in total. The van der Waals surface area contributed by atoms with Gasteiger partial charge in [0.15, 0.2) is 5.65 Å². The molecule has 2 aromatic rings. The Labute approximate surface area is 198 Å². The second-order valence-electron chi connectivity index (χ2n) is 10.8. The number of ether oxygens (including phenoxy) is 3.